The molecule has 1 nitrogen and oxygen atoms in total. The number of aryl methyl sites for hydroxylation is 1. The Morgan fingerprint density at radius 1 is 1.00 bits per heavy atom. The Balaban J connectivity index is 1.82. The number of benzene rings is 2. The molecule has 0 fully saturated rings. The first-order valence-corrected chi connectivity index (χ1v) is 7.12. The van der Waals surface area contributed by atoms with Crippen LogP contribution in [0.1, 0.15) is 17.5 Å². The monoisotopic (exact) mass is 292 g/mol. The topological polar surface area (TPSA) is 9.23 Å². The largest absolute Gasteiger partial charge is 0.497 e. The summed E-state index contributed by atoms with van der Waals surface area (Å²) in [5.74, 6) is 0.653. The first-order chi connectivity index (χ1) is 9.67. The van der Waals surface area contributed by atoms with E-state index in [9.17, 15) is 4.39 Å². The van der Waals surface area contributed by atoms with Crippen molar-refractivity contribution in [3.63, 3.8) is 0 Å². The molecule has 2 aromatic carbocycles. The first-order valence-electron chi connectivity index (χ1n) is 6.69. The number of alkyl halides is 1. The molecule has 106 valence electrons. The molecule has 2 rings (SSSR count). The Morgan fingerprint density at radius 2 is 1.60 bits per heavy atom. The Labute approximate surface area is 124 Å². The molecular weight excluding hydrogens is 275 g/mol. The van der Waals surface area contributed by atoms with E-state index in [2.05, 4.69) is 12.1 Å². The molecule has 3 heteroatoms. The number of halogens is 2. The second-order valence-electron chi connectivity index (χ2n) is 4.81. The normalized spacial score (nSPS) is 12.2. The minimum absolute atomic E-state index is 0.0579. The maximum atomic E-state index is 12.8. The van der Waals surface area contributed by atoms with Crippen LogP contribution in [0.25, 0.3) is 0 Å². The van der Waals surface area contributed by atoms with Gasteiger partial charge in [-0.2, -0.15) is 0 Å². The highest BCUT2D eigenvalue weighted by atomic mass is 35.5. The zero-order chi connectivity index (χ0) is 14.4. The maximum absolute atomic E-state index is 12.8. The quantitative estimate of drug-likeness (QED) is 0.706. The van der Waals surface area contributed by atoms with Crippen LogP contribution in [0.2, 0.25) is 0 Å². The fourth-order valence-electron chi connectivity index (χ4n) is 2.09. The van der Waals surface area contributed by atoms with Gasteiger partial charge in [-0.3, -0.25) is 0 Å². The molecule has 0 radical (unpaired) electrons. The summed E-state index contributed by atoms with van der Waals surface area (Å²) in [4.78, 5) is 0. The summed E-state index contributed by atoms with van der Waals surface area (Å²) in [6, 6.07) is 14.6. The Hall–Kier alpha value is -1.54. The standard InChI is InChI=1S/C17H18ClFO/c1-20-17-10-5-13(6-11-17)2-7-15(18)12-14-3-8-16(19)9-4-14/h3-6,8-11,15H,2,7,12H2,1H3. The summed E-state index contributed by atoms with van der Waals surface area (Å²) >= 11 is 6.35. The van der Waals surface area contributed by atoms with Gasteiger partial charge < -0.3 is 4.74 Å². The van der Waals surface area contributed by atoms with Crippen LogP contribution in [0.15, 0.2) is 48.5 Å². The lowest BCUT2D eigenvalue weighted by Gasteiger charge is -2.10. The van der Waals surface area contributed by atoms with Crippen molar-refractivity contribution in [1.82, 2.24) is 0 Å². The van der Waals surface area contributed by atoms with E-state index in [4.69, 9.17) is 16.3 Å². The number of rotatable bonds is 6. The average Bonchev–Trinajstić information content (AvgIpc) is 2.48. The highest BCUT2D eigenvalue weighted by Crippen LogP contribution is 2.17. The van der Waals surface area contributed by atoms with Gasteiger partial charge in [-0.25, -0.2) is 4.39 Å². The van der Waals surface area contributed by atoms with Gasteiger partial charge in [0.25, 0.3) is 0 Å². The van der Waals surface area contributed by atoms with Gasteiger partial charge in [-0.15, -0.1) is 11.6 Å². The molecule has 0 N–H and O–H groups in total. The van der Waals surface area contributed by atoms with Crippen molar-refractivity contribution in [3.05, 3.63) is 65.5 Å². The lowest BCUT2D eigenvalue weighted by atomic mass is 10.0. The SMILES string of the molecule is COc1ccc(CCC(Cl)Cc2ccc(F)cc2)cc1. The van der Waals surface area contributed by atoms with Gasteiger partial charge in [0, 0.05) is 5.38 Å². The molecule has 2 aromatic rings. The third-order valence-electron chi connectivity index (χ3n) is 3.28. The van der Waals surface area contributed by atoms with E-state index in [1.807, 2.05) is 12.1 Å². The molecule has 0 spiro atoms. The molecule has 0 saturated carbocycles. The zero-order valence-corrected chi connectivity index (χ0v) is 12.2. The molecule has 1 atom stereocenters. The van der Waals surface area contributed by atoms with Crippen molar-refractivity contribution in [2.24, 2.45) is 0 Å². The lowest BCUT2D eigenvalue weighted by molar-refractivity contribution is 0.414. The molecule has 0 saturated heterocycles. The minimum Gasteiger partial charge on any atom is -0.497 e. The van der Waals surface area contributed by atoms with Crippen LogP contribution in [-0.2, 0) is 12.8 Å². The molecule has 0 amide bonds. The van der Waals surface area contributed by atoms with Crippen molar-refractivity contribution in [3.8, 4) is 5.75 Å². The van der Waals surface area contributed by atoms with E-state index in [-0.39, 0.29) is 11.2 Å². The molecule has 0 bridgehead atoms. The molecule has 0 aliphatic rings. The number of hydrogen-bond donors (Lipinski definition) is 0. The van der Waals surface area contributed by atoms with Crippen LogP contribution in [0, 0.1) is 5.82 Å². The van der Waals surface area contributed by atoms with Gasteiger partial charge in [0.15, 0.2) is 0 Å². The molecule has 0 aromatic heterocycles. The van der Waals surface area contributed by atoms with Gasteiger partial charge in [-0.1, -0.05) is 24.3 Å². The summed E-state index contributed by atoms with van der Waals surface area (Å²) in [6.07, 6.45) is 2.59. The number of hydrogen-bond acceptors (Lipinski definition) is 1. The predicted molar refractivity (Wildman–Crippen MR) is 81.1 cm³/mol. The molecule has 0 aliphatic heterocycles. The van der Waals surface area contributed by atoms with Crippen molar-refractivity contribution >= 4 is 11.6 Å². The summed E-state index contributed by atoms with van der Waals surface area (Å²) < 4.78 is 17.9. The Bertz CT molecular complexity index is 522. The van der Waals surface area contributed by atoms with Crippen LogP contribution in [0.5, 0.6) is 5.75 Å². The van der Waals surface area contributed by atoms with Gasteiger partial charge in [0.1, 0.15) is 11.6 Å². The zero-order valence-electron chi connectivity index (χ0n) is 11.5. The second-order valence-corrected chi connectivity index (χ2v) is 5.43. The highest BCUT2D eigenvalue weighted by Gasteiger charge is 2.07. The van der Waals surface area contributed by atoms with E-state index in [1.54, 1.807) is 19.2 Å². The fourth-order valence-corrected chi connectivity index (χ4v) is 2.38. The van der Waals surface area contributed by atoms with E-state index >= 15 is 0 Å². The van der Waals surface area contributed by atoms with Crippen LogP contribution in [0.3, 0.4) is 0 Å². The third-order valence-corrected chi connectivity index (χ3v) is 3.65. The predicted octanol–water partition coefficient (Wildman–Crippen LogP) is 4.62. The Morgan fingerprint density at radius 3 is 2.20 bits per heavy atom. The summed E-state index contributed by atoms with van der Waals surface area (Å²) in [7, 11) is 1.66. The third kappa shape index (κ3) is 4.53. The summed E-state index contributed by atoms with van der Waals surface area (Å²) in [6.45, 7) is 0. The van der Waals surface area contributed by atoms with Gasteiger partial charge in [0.05, 0.1) is 7.11 Å². The molecule has 1 unspecified atom stereocenters. The van der Waals surface area contributed by atoms with Crippen LogP contribution in [-0.4, -0.2) is 12.5 Å². The minimum atomic E-state index is -0.210. The van der Waals surface area contributed by atoms with Gasteiger partial charge >= 0.3 is 0 Å². The Kier molecular flexibility index (Phi) is 5.42. The van der Waals surface area contributed by atoms with Gasteiger partial charge in [-0.05, 0) is 54.7 Å². The molecular formula is C17H18ClFO. The molecule has 0 heterocycles. The van der Waals surface area contributed by atoms with Crippen LogP contribution < -0.4 is 4.74 Å². The smallest absolute Gasteiger partial charge is 0.123 e. The molecule has 0 aliphatic carbocycles. The van der Waals surface area contributed by atoms with E-state index in [0.29, 0.717) is 0 Å². The van der Waals surface area contributed by atoms with Crippen molar-refractivity contribution < 1.29 is 9.13 Å². The second kappa shape index (κ2) is 7.30. The first kappa shape index (κ1) is 14.9. The van der Waals surface area contributed by atoms with Crippen LogP contribution >= 0.6 is 11.6 Å². The lowest BCUT2D eigenvalue weighted by Crippen LogP contribution is -2.05. The highest BCUT2D eigenvalue weighted by molar-refractivity contribution is 6.20. The van der Waals surface area contributed by atoms with Crippen LogP contribution in [0.4, 0.5) is 4.39 Å². The number of methoxy groups -OCH3 is 1. The van der Waals surface area contributed by atoms with E-state index < -0.39 is 0 Å². The fraction of sp³-hybridized carbons (Fsp3) is 0.294. The summed E-state index contributed by atoms with van der Waals surface area (Å²) in [5, 5.41) is 0.0579. The van der Waals surface area contributed by atoms with Gasteiger partial charge in [0.2, 0.25) is 0 Å². The maximum Gasteiger partial charge on any atom is 0.123 e. The van der Waals surface area contributed by atoms with Crippen molar-refractivity contribution in [2.75, 3.05) is 7.11 Å². The van der Waals surface area contributed by atoms with E-state index in [0.717, 1.165) is 30.6 Å². The van der Waals surface area contributed by atoms with E-state index in [1.165, 1.54) is 17.7 Å². The average molecular weight is 293 g/mol. The van der Waals surface area contributed by atoms with Crippen molar-refractivity contribution in [2.45, 2.75) is 24.6 Å². The number of ether oxygens (including phenoxy) is 1. The molecule has 20 heavy (non-hydrogen) atoms. The van der Waals surface area contributed by atoms with Crippen molar-refractivity contribution in [1.29, 1.82) is 0 Å². The summed E-state index contributed by atoms with van der Waals surface area (Å²) in [5.41, 5.74) is 2.32.